The fourth-order valence-corrected chi connectivity index (χ4v) is 3.68. The van der Waals surface area contributed by atoms with Crippen molar-refractivity contribution in [3.63, 3.8) is 0 Å². The van der Waals surface area contributed by atoms with Crippen LogP contribution in [0.1, 0.15) is 0 Å². The van der Waals surface area contributed by atoms with E-state index in [2.05, 4.69) is 24.7 Å². The number of nitrogens with one attached hydrogen (secondary N) is 1. The Morgan fingerprint density at radius 3 is 2.45 bits per heavy atom. The number of benzene rings is 2. The van der Waals surface area contributed by atoms with Crippen LogP contribution in [0.5, 0.6) is 11.5 Å². The molecule has 1 saturated heterocycles. The summed E-state index contributed by atoms with van der Waals surface area (Å²) in [5, 5.41) is 2.94. The number of carbonyl (C=O) groups is 1. The van der Waals surface area contributed by atoms with E-state index < -0.39 is 0 Å². The maximum Gasteiger partial charge on any atom is 0.238 e. The summed E-state index contributed by atoms with van der Waals surface area (Å²) >= 11 is 0. The van der Waals surface area contributed by atoms with Gasteiger partial charge in [-0.1, -0.05) is 6.07 Å². The van der Waals surface area contributed by atoms with Crippen LogP contribution in [0.2, 0.25) is 0 Å². The molecular weight excluding hydrogens is 394 g/mol. The van der Waals surface area contributed by atoms with Crippen molar-refractivity contribution < 1.29 is 14.3 Å². The first-order valence-corrected chi connectivity index (χ1v) is 10.3. The Kier molecular flexibility index (Phi) is 6.37. The summed E-state index contributed by atoms with van der Waals surface area (Å²) in [5.41, 5.74) is 1.78. The van der Waals surface area contributed by atoms with E-state index in [9.17, 15) is 4.79 Å². The molecule has 0 radical (unpaired) electrons. The largest absolute Gasteiger partial charge is 0.497 e. The highest BCUT2D eigenvalue weighted by molar-refractivity contribution is 5.92. The van der Waals surface area contributed by atoms with Gasteiger partial charge in [-0.3, -0.25) is 14.3 Å². The molecule has 0 atom stereocenters. The molecule has 1 aliphatic rings. The number of carbonyl (C=O) groups excluding carboxylic acids is 1. The van der Waals surface area contributed by atoms with Crippen LogP contribution in [0.15, 0.2) is 60.9 Å². The molecule has 3 aromatic rings. The number of aromatic nitrogens is 2. The van der Waals surface area contributed by atoms with Crippen molar-refractivity contribution in [2.45, 2.75) is 0 Å². The molecule has 2 heterocycles. The van der Waals surface area contributed by atoms with Crippen molar-refractivity contribution in [1.29, 1.82) is 0 Å². The van der Waals surface area contributed by atoms with Crippen LogP contribution in [-0.2, 0) is 4.79 Å². The van der Waals surface area contributed by atoms with Gasteiger partial charge < -0.3 is 19.7 Å². The van der Waals surface area contributed by atoms with Crippen molar-refractivity contribution in [2.24, 2.45) is 0 Å². The minimum atomic E-state index is -0.0171. The zero-order chi connectivity index (χ0) is 21.6. The van der Waals surface area contributed by atoms with E-state index in [0.717, 1.165) is 55.0 Å². The maximum atomic E-state index is 12.4. The van der Waals surface area contributed by atoms with Crippen LogP contribution in [0.4, 0.5) is 11.6 Å². The first kappa shape index (κ1) is 20.7. The maximum absolute atomic E-state index is 12.4. The molecule has 2 aromatic carbocycles. The number of hydrogen-bond acceptors (Lipinski definition) is 6. The zero-order valence-electron chi connectivity index (χ0n) is 17.8. The number of amides is 1. The molecule has 1 amide bonds. The highest BCUT2D eigenvalue weighted by Crippen LogP contribution is 2.23. The molecule has 0 saturated carbocycles. The van der Waals surface area contributed by atoms with E-state index in [-0.39, 0.29) is 5.91 Å². The van der Waals surface area contributed by atoms with Crippen LogP contribution in [0, 0.1) is 0 Å². The summed E-state index contributed by atoms with van der Waals surface area (Å²) in [6.07, 6.45) is 3.77. The molecule has 0 aliphatic carbocycles. The van der Waals surface area contributed by atoms with Crippen LogP contribution < -0.4 is 19.7 Å². The fraction of sp³-hybridized carbons (Fsp3) is 0.304. The van der Waals surface area contributed by atoms with Gasteiger partial charge >= 0.3 is 0 Å². The van der Waals surface area contributed by atoms with Gasteiger partial charge in [0.2, 0.25) is 11.9 Å². The molecule has 162 valence electrons. The van der Waals surface area contributed by atoms with E-state index in [0.29, 0.717) is 6.54 Å². The SMILES string of the molecule is COc1ccc(NC(=O)CN2CCN(c3nccn3-c3cccc(OC)c3)CC2)cc1. The number of anilines is 2. The predicted molar refractivity (Wildman–Crippen MR) is 120 cm³/mol. The van der Waals surface area contributed by atoms with Gasteiger partial charge in [0, 0.05) is 50.3 Å². The molecule has 1 N–H and O–H groups in total. The predicted octanol–water partition coefficient (Wildman–Crippen LogP) is 2.65. The van der Waals surface area contributed by atoms with Crippen molar-refractivity contribution in [3.8, 4) is 17.2 Å². The monoisotopic (exact) mass is 421 g/mol. The lowest BCUT2D eigenvalue weighted by atomic mass is 10.3. The van der Waals surface area contributed by atoms with E-state index in [4.69, 9.17) is 9.47 Å². The third-order valence-electron chi connectivity index (χ3n) is 5.35. The highest BCUT2D eigenvalue weighted by atomic mass is 16.5. The number of piperazine rings is 1. The lowest BCUT2D eigenvalue weighted by Gasteiger charge is -2.35. The highest BCUT2D eigenvalue weighted by Gasteiger charge is 2.22. The van der Waals surface area contributed by atoms with Crippen LogP contribution in [0.3, 0.4) is 0 Å². The lowest BCUT2D eigenvalue weighted by Crippen LogP contribution is -2.49. The average Bonchev–Trinajstić information content (AvgIpc) is 3.30. The smallest absolute Gasteiger partial charge is 0.238 e. The van der Waals surface area contributed by atoms with E-state index in [1.54, 1.807) is 14.2 Å². The molecule has 8 heteroatoms. The molecule has 0 bridgehead atoms. The Morgan fingerprint density at radius 2 is 1.74 bits per heavy atom. The number of hydrogen-bond donors (Lipinski definition) is 1. The van der Waals surface area contributed by atoms with Crippen molar-refractivity contribution in [3.05, 3.63) is 60.9 Å². The normalized spacial score (nSPS) is 14.3. The summed E-state index contributed by atoms with van der Waals surface area (Å²) in [6.45, 7) is 3.56. The average molecular weight is 422 g/mol. The number of nitrogens with zero attached hydrogens (tertiary/aromatic N) is 4. The van der Waals surface area contributed by atoms with Gasteiger partial charge in [0.1, 0.15) is 11.5 Å². The van der Waals surface area contributed by atoms with Gasteiger partial charge in [0.25, 0.3) is 0 Å². The van der Waals surface area contributed by atoms with Gasteiger partial charge in [0.15, 0.2) is 0 Å². The van der Waals surface area contributed by atoms with E-state index in [1.165, 1.54) is 0 Å². The standard InChI is InChI=1S/C23H27N5O3/c1-30-20-8-6-18(7-9-20)25-22(29)17-26-12-14-27(15-13-26)23-24-10-11-28(23)19-4-3-5-21(16-19)31-2/h3-11,16H,12-15,17H2,1-2H3,(H,25,29). The van der Waals surface area contributed by atoms with Gasteiger partial charge in [-0.15, -0.1) is 0 Å². The molecule has 1 aliphatic heterocycles. The molecule has 0 unspecified atom stereocenters. The molecular formula is C23H27N5O3. The third-order valence-corrected chi connectivity index (χ3v) is 5.35. The summed E-state index contributed by atoms with van der Waals surface area (Å²) in [4.78, 5) is 21.4. The molecule has 1 aromatic heterocycles. The van der Waals surface area contributed by atoms with Crippen molar-refractivity contribution in [1.82, 2.24) is 14.5 Å². The Hall–Kier alpha value is -3.52. The van der Waals surface area contributed by atoms with Gasteiger partial charge in [0.05, 0.1) is 26.5 Å². The second-order valence-electron chi connectivity index (χ2n) is 7.34. The molecule has 1 fully saturated rings. The number of imidazole rings is 1. The first-order valence-electron chi connectivity index (χ1n) is 10.3. The van der Waals surface area contributed by atoms with Crippen LogP contribution in [0.25, 0.3) is 5.69 Å². The van der Waals surface area contributed by atoms with Crippen molar-refractivity contribution in [2.75, 3.05) is 57.2 Å². The summed E-state index contributed by atoms with van der Waals surface area (Å²) < 4.78 is 12.6. The summed E-state index contributed by atoms with van der Waals surface area (Å²) in [5.74, 6) is 2.46. The molecule has 0 spiro atoms. The van der Waals surface area contributed by atoms with Crippen molar-refractivity contribution >= 4 is 17.5 Å². The second-order valence-corrected chi connectivity index (χ2v) is 7.34. The third kappa shape index (κ3) is 4.97. The van der Waals surface area contributed by atoms with E-state index >= 15 is 0 Å². The quantitative estimate of drug-likeness (QED) is 0.632. The molecule has 8 nitrogen and oxygen atoms in total. The van der Waals surface area contributed by atoms with E-state index in [1.807, 2.05) is 60.9 Å². The number of ether oxygens (including phenoxy) is 2. The number of methoxy groups -OCH3 is 2. The topological polar surface area (TPSA) is 71.9 Å². The Labute approximate surface area is 182 Å². The second kappa shape index (κ2) is 9.53. The van der Waals surface area contributed by atoms with Crippen LogP contribution in [-0.4, -0.2) is 67.3 Å². The van der Waals surface area contributed by atoms with Gasteiger partial charge in [-0.25, -0.2) is 4.98 Å². The van der Waals surface area contributed by atoms with Gasteiger partial charge in [-0.05, 0) is 36.4 Å². The number of rotatable bonds is 7. The Bertz CT molecular complexity index is 1010. The summed E-state index contributed by atoms with van der Waals surface area (Å²) in [6, 6.07) is 15.3. The first-order chi connectivity index (χ1) is 15.2. The van der Waals surface area contributed by atoms with Crippen LogP contribution >= 0.6 is 0 Å². The molecule has 31 heavy (non-hydrogen) atoms. The Balaban J connectivity index is 1.33. The minimum Gasteiger partial charge on any atom is -0.497 e. The summed E-state index contributed by atoms with van der Waals surface area (Å²) in [7, 11) is 3.29. The van der Waals surface area contributed by atoms with Gasteiger partial charge in [-0.2, -0.15) is 0 Å². The lowest BCUT2D eigenvalue weighted by molar-refractivity contribution is -0.117. The molecule has 4 rings (SSSR count). The Morgan fingerprint density at radius 1 is 1.00 bits per heavy atom. The zero-order valence-corrected chi connectivity index (χ0v) is 17.8. The fourth-order valence-electron chi connectivity index (χ4n) is 3.68. The minimum absolute atomic E-state index is 0.0171.